The summed E-state index contributed by atoms with van der Waals surface area (Å²) < 4.78 is 11.8. The number of oxazole rings is 1. The predicted octanol–water partition coefficient (Wildman–Crippen LogP) is 4.67. The van der Waals surface area contributed by atoms with Crippen LogP contribution in [0.1, 0.15) is 50.0 Å². The quantitative estimate of drug-likeness (QED) is 0.233. The summed E-state index contributed by atoms with van der Waals surface area (Å²) in [4.78, 5) is 8.60. The van der Waals surface area contributed by atoms with Crippen molar-refractivity contribution < 1.29 is 9.15 Å². The van der Waals surface area contributed by atoms with Crippen LogP contribution in [0.25, 0.3) is 11.3 Å². The Kier molecular flexibility index (Phi) is 10.5. The summed E-state index contributed by atoms with van der Waals surface area (Å²) in [7, 11) is 1.77. The van der Waals surface area contributed by atoms with Crippen molar-refractivity contribution in [1.82, 2.24) is 15.6 Å². The molecule has 1 fully saturated rings. The maximum Gasteiger partial charge on any atom is 0.214 e. The fraction of sp³-hybridized carbons (Fsp3) is 0.545. The molecule has 1 aliphatic carbocycles. The van der Waals surface area contributed by atoms with E-state index < -0.39 is 0 Å². The molecule has 0 bridgehead atoms. The third kappa shape index (κ3) is 7.97. The molecule has 6 nitrogen and oxygen atoms in total. The van der Waals surface area contributed by atoms with Gasteiger partial charge in [0.05, 0.1) is 18.8 Å². The molecule has 2 aromatic rings. The molecule has 1 saturated carbocycles. The fourth-order valence-electron chi connectivity index (χ4n) is 3.38. The largest absolute Gasteiger partial charge is 0.439 e. The third-order valence-electron chi connectivity index (χ3n) is 5.04. The van der Waals surface area contributed by atoms with E-state index in [0.717, 1.165) is 36.9 Å². The molecule has 0 amide bonds. The number of hydrogen-bond acceptors (Lipinski definition) is 4. The van der Waals surface area contributed by atoms with E-state index in [0.29, 0.717) is 18.5 Å². The summed E-state index contributed by atoms with van der Waals surface area (Å²) in [5.74, 6) is 2.16. The molecule has 1 aliphatic rings. The SMILES string of the molecule is CN=C(NCCCOC1CCCCC1)NCc1ncc(-c2ccc(C)cc2)o1.I. The number of nitrogens with one attached hydrogen (secondary N) is 2. The number of halogens is 1. The van der Waals surface area contributed by atoms with Crippen molar-refractivity contribution >= 4 is 29.9 Å². The zero-order chi connectivity index (χ0) is 19.6. The van der Waals surface area contributed by atoms with Crippen molar-refractivity contribution in [3.05, 3.63) is 41.9 Å². The summed E-state index contributed by atoms with van der Waals surface area (Å²) in [6.45, 7) is 4.19. The molecular formula is C22H33IN4O2. The first kappa shape index (κ1) is 23.7. The van der Waals surface area contributed by atoms with Crippen molar-refractivity contribution in [2.75, 3.05) is 20.2 Å². The molecule has 1 heterocycles. The monoisotopic (exact) mass is 512 g/mol. The highest BCUT2D eigenvalue weighted by molar-refractivity contribution is 14.0. The first-order chi connectivity index (χ1) is 13.7. The van der Waals surface area contributed by atoms with Gasteiger partial charge < -0.3 is 19.8 Å². The van der Waals surface area contributed by atoms with Gasteiger partial charge in [0.15, 0.2) is 11.7 Å². The van der Waals surface area contributed by atoms with E-state index >= 15 is 0 Å². The van der Waals surface area contributed by atoms with Gasteiger partial charge in [0.2, 0.25) is 5.89 Å². The van der Waals surface area contributed by atoms with Crippen LogP contribution in [0, 0.1) is 6.92 Å². The number of rotatable bonds is 8. The van der Waals surface area contributed by atoms with E-state index in [-0.39, 0.29) is 24.0 Å². The van der Waals surface area contributed by atoms with Crippen LogP contribution in [0.2, 0.25) is 0 Å². The van der Waals surface area contributed by atoms with Gasteiger partial charge >= 0.3 is 0 Å². The van der Waals surface area contributed by atoms with Gasteiger partial charge in [-0.25, -0.2) is 4.98 Å². The maximum absolute atomic E-state index is 5.95. The number of aromatic nitrogens is 1. The number of aliphatic imine (C=N–C) groups is 1. The van der Waals surface area contributed by atoms with Crippen molar-refractivity contribution in [3.63, 3.8) is 0 Å². The smallest absolute Gasteiger partial charge is 0.214 e. The van der Waals surface area contributed by atoms with Crippen molar-refractivity contribution in [1.29, 1.82) is 0 Å². The highest BCUT2D eigenvalue weighted by Gasteiger charge is 2.13. The molecule has 0 unspecified atom stereocenters. The van der Waals surface area contributed by atoms with Gasteiger partial charge in [-0.15, -0.1) is 24.0 Å². The van der Waals surface area contributed by atoms with Crippen LogP contribution >= 0.6 is 24.0 Å². The van der Waals surface area contributed by atoms with Gasteiger partial charge in [-0.3, -0.25) is 4.99 Å². The van der Waals surface area contributed by atoms with Crippen LogP contribution in [0.15, 0.2) is 39.9 Å². The third-order valence-corrected chi connectivity index (χ3v) is 5.04. The molecule has 0 aliphatic heterocycles. The van der Waals surface area contributed by atoms with Crippen LogP contribution in [-0.2, 0) is 11.3 Å². The first-order valence-corrected chi connectivity index (χ1v) is 10.3. The molecule has 0 saturated heterocycles. The summed E-state index contributed by atoms with van der Waals surface area (Å²) in [5.41, 5.74) is 2.26. The minimum atomic E-state index is 0. The number of ether oxygens (including phenoxy) is 1. The summed E-state index contributed by atoms with van der Waals surface area (Å²) in [6, 6.07) is 8.23. The topological polar surface area (TPSA) is 71.7 Å². The van der Waals surface area contributed by atoms with E-state index in [4.69, 9.17) is 9.15 Å². The average Bonchev–Trinajstić information content (AvgIpc) is 3.20. The normalized spacial score (nSPS) is 15.0. The molecule has 160 valence electrons. The zero-order valence-electron chi connectivity index (χ0n) is 17.4. The number of guanidine groups is 1. The van der Waals surface area contributed by atoms with Crippen molar-refractivity contribution in [3.8, 4) is 11.3 Å². The van der Waals surface area contributed by atoms with E-state index in [9.17, 15) is 0 Å². The second-order valence-electron chi connectivity index (χ2n) is 7.32. The van der Waals surface area contributed by atoms with E-state index in [2.05, 4.69) is 39.7 Å². The lowest BCUT2D eigenvalue weighted by atomic mass is 9.98. The van der Waals surface area contributed by atoms with Crippen LogP contribution in [0.3, 0.4) is 0 Å². The second kappa shape index (κ2) is 12.8. The molecule has 0 radical (unpaired) electrons. The van der Waals surface area contributed by atoms with Crippen molar-refractivity contribution in [2.24, 2.45) is 4.99 Å². The zero-order valence-corrected chi connectivity index (χ0v) is 19.8. The Hall–Kier alpha value is -1.61. The maximum atomic E-state index is 5.95. The summed E-state index contributed by atoms with van der Waals surface area (Å²) in [6.07, 6.45) is 9.63. The lowest BCUT2D eigenvalue weighted by Gasteiger charge is -2.22. The predicted molar refractivity (Wildman–Crippen MR) is 128 cm³/mol. The van der Waals surface area contributed by atoms with Crippen molar-refractivity contribution in [2.45, 2.75) is 58.1 Å². The Bertz CT molecular complexity index is 740. The summed E-state index contributed by atoms with van der Waals surface area (Å²) >= 11 is 0. The molecule has 0 atom stereocenters. The molecule has 7 heteroatoms. The number of aryl methyl sites for hydroxylation is 1. The minimum absolute atomic E-state index is 0. The average molecular weight is 512 g/mol. The van der Waals surface area contributed by atoms with Gasteiger partial charge in [-0.1, -0.05) is 49.1 Å². The first-order valence-electron chi connectivity index (χ1n) is 10.3. The Morgan fingerprint density at radius 3 is 2.66 bits per heavy atom. The molecule has 29 heavy (non-hydrogen) atoms. The minimum Gasteiger partial charge on any atom is -0.439 e. The second-order valence-corrected chi connectivity index (χ2v) is 7.32. The summed E-state index contributed by atoms with van der Waals surface area (Å²) in [5, 5.41) is 6.55. The van der Waals surface area contributed by atoms with Gasteiger partial charge in [0.1, 0.15) is 0 Å². The Morgan fingerprint density at radius 1 is 1.17 bits per heavy atom. The van der Waals surface area contributed by atoms with E-state index in [1.54, 1.807) is 13.2 Å². The van der Waals surface area contributed by atoms with E-state index in [1.807, 2.05) is 12.1 Å². The van der Waals surface area contributed by atoms with Gasteiger partial charge in [-0.2, -0.15) is 0 Å². The lowest BCUT2D eigenvalue weighted by molar-refractivity contribution is 0.0277. The Morgan fingerprint density at radius 2 is 1.93 bits per heavy atom. The number of benzene rings is 1. The Labute approximate surface area is 190 Å². The van der Waals surface area contributed by atoms with Gasteiger partial charge in [-0.05, 0) is 26.2 Å². The van der Waals surface area contributed by atoms with Crippen LogP contribution in [0.4, 0.5) is 0 Å². The van der Waals surface area contributed by atoms with Crippen LogP contribution in [0.5, 0.6) is 0 Å². The highest BCUT2D eigenvalue weighted by Crippen LogP contribution is 2.21. The van der Waals surface area contributed by atoms with E-state index in [1.165, 1.54) is 37.7 Å². The highest BCUT2D eigenvalue weighted by atomic mass is 127. The molecular weight excluding hydrogens is 479 g/mol. The van der Waals surface area contributed by atoms with Gasteiger partial charge in [0.25, 0.3) is 0 Å². The Balaban J connectivity index is 0.00000300. The molecule has 2 N–H and O–H groups in total. The lowest BCUT2D eigenvalue weighted by Crippen LogP contribution is -2.37. The van der Waals surface area contributed by atoms with Crippen LogP contribution in [-0.4, -0.2) is 37.2 Å². The molecule has 1 aromatic carbocycles. The molecule has 3 rings (SSSR count). The number of hydrogen-bond donors (Lipinski definition) is 2. The standard InChI is InChI=1S/C22H32N4O2.HI/c1-17-9-11-18(12-10-17)20-15-25-21(28-20)16-26-22(23-2)24-13-6-14-27-19-7-4-3-5-8-19;/h9-12,15,19H,3-8,13-14,16H2,1-2H3,(H2,23,24,26);1H. The number of nitrogens with zero attached hydrogens (tertiary/aromatic N) is 2. The molecule has 1 aromatic heterocycles. The fourth-order valence-corrected chi connectivity index (χ4v) is 3.38. The van der Waals surface area contributed by atoms with Gasteiger partial charge in [0, 0.05) is 25.8 Å². The molecule has 0 spiro atoms. The van der Waals surface area contributed by atoms with Crippen LogP contribution < -0.4 is 10.6 Å².